The van der Waals surface area contributed by atoms with Crippen LogP contribution in [-0.4, -0.2) is 69.1 Å². The van der Waals surface area contributed by atoms with Crippen molar-refractivity contribution < 1.29 is 19.5 Å². The van der Waals surface area contributed by atoms with E-state index in [-0.39, 0.29) is 18.6 Å². The molecule has 0 radical (unpaired) electrons. The van der Waals surface area contributed by atoms with Gasteiger partial charge in [-0.3, -0.25) is 4.90 Å². The number of thiophene rings is 1. The molecule has 2 aromatic carbocycles. The predicted octanol–water partition coefficient (Wildman–Crippen LogP) is 5.25. The molecule has 4 amide bonds. The van der Waals surface area contributed by atoms with Gasteiger partial charge in [-0.25, -0.2) is 14.4 Å². The fourth-order valence-corrected chi connectivity index (χ4v) is 6.18. The number of para-hydroxylation sites is 2. The molecular weight excluding hydrogens is 488 g/mol. The number of piperazine rings is 1. The summed E-state index contributed by atoms with van der Waals surface area (Å²) in [5.74, 6) is -1.10. The number of carbonyl (C=O) groups excluding carboxylic acids is 2. The first-order chi connectivity index (χ1) is 18.0. The number of hydrogen-bond donors (Lipinski definition) is 1. The average molecular weight is 519 g/mol. The summed E-state index contributed by atoms with van der Waals surface area (Å²) in [5, 5.41) is 12.3. The van der Waals surface area contributed by atoms with Crippen LogP contribution in [0.5, 0.6) is 0 Å². The summed E-state index contributed by atoms with van der Waals surface area (Å²) in [6, 6.07) is 19.9. The molecule has 3 heterocycles. The summed E-state index contributed by atoms with van der Waals surface area (Å²) in [6.07, 6.45) is 1.21. The van der Waals surface area contributed by atoms with E-state index in [4.69, 9.17) is 0 Å². The molecule has 2 bridgehead atoms. The Balaban J connectivity index is 1.45. The molecular formula is C28H30N4O4S. The van der Waals surface area contributed by atoms with Gasteiger partial charge in [0.2, 0.25) is 0 Å². The van der Waals surface area contributed by atoms with Crippen molar-refractivity contribution >= 4 is 40.7 Å². The highest BCUT2D eigenvalue weighted by atomic mass is 32.1. The standard InChI is InChI=1S/C28H30N4O4S/c1-2-29(19-23-14-9-17-37-23)27(35)32-22-15-16-24(32)25(26(33)34)30(18-22)28(36)31(20-10-5-3-6-11-20)21-12-7-4-8-13-21/h3-14,17,22,24-25H,2,15-16,18-19H2,1H3,(H,33,34)/t22-,24+,25-/m0/s1. The van der Waals surface area contributed by atoms with E-state index in [2.05, 4.69) is 0 Å². The van der Waals surface area contributed by atoms with Crippen LogP contribution >= 0.6 is 11.3 Å². The van der Waals surface area contributed by atoms with Crippen LogP contribution in [0.2, 0.25) is 0 Å². The van der Waals surface area contributed by atoms with Crippen LogP contribution < -0.4 is 4.90 Å². The lowest BCUT2D eigenvalue weighted by Gasteiger charge is -2.47. The van der Waals surface area contributed by atoms with Crippen LogP contribution in [0.1, 0.15) is 24.6 Å². The number of fused-ring (bicyclic) bond motifs is 2. The Kier molecular flexibility index (Phi) is 7.14. The van der Waals surface area contributed by atoms with Gasteiger partial charge in [0.25, 0.3) is 0 Å². The summed E-state index contributed by atoms with van der Waals surface area (Å²) in [6.45, 7) is 3.10. The van der Waals surface area contributed by atoms with Crippen molar-refractivity contribution in [2.75, 3.05) is 18.0 Å². The number of urea groups is 2. The van der Waals surface area contributed by atoms with Gasteiger partial charge in [-0.05, 0) is 55.5 Å². The maximum atomic E-state index is 14.1. The number of rotatable bonds is 6. The Labute approximate surface area is 220 Å². The summed E-state index contributed by atoms with van der Waals surface area (Å²) < 4.78 is 0. The fourth-order valence-electron chi connectivity index (χ4n) is 5.46. The molecule has 37 heavy (non-hydrogen) atoms. The van der Waals surface area contributed by atoms with E-state index in [0.29, 0.717) is 37.3 Å². The largest absolute Gasteiger partial charge is 0.480 e. The monoisotopic (exact) mass is 518 g/mol. The highest BCUT2D eigenvalue weighted by Gasteiger charge is 2.54. The molecule has 9 heteroatoms. The molecule has 2 saturated heterocycles. The first-order valence-corrected chi connectivity index (χ1v) is 13.4. The quantitative estimate of drug-likeness (QED) is 0.483. The first kappa shape index (κ1) is 24.8. The lowest BCUT2D eigenvalue weighted by molar-refractivity contribution is -0.145. The molecule has 0 unspecified atom stereocenters. The number of carboxylic acids is 1. The number of hydrogen-bond acceptors (Lipinski definition) is 4. The minimum absolute atomic E-state index is 0.162. The molecule has 1 N–H and O–H groups in total. The zero-order chi connectivity index (χ0) is 25.9. The van der Waals surface area contributed by atoms with Gasteiger partial charge in [-0.15, -0.1) is 11.3 Å². The Morgan fingerprint density at radius 1 is 0.919 bits per heavy atom. The normalized spacial score (nSPS) is 20.5. The summed E-state index contributed by atoms with van der Waals surface area (Å²) in [5.41, 5.74) is 1.31. The fraction of sp³-hybridized carbons (Fsp3) is 0.321. The van der Waals surface area contributed by atoms with Crippen molar-refractivity contribution in [3.8, 4) is 0 Å². The minimum Gasteiger partial charge on any atom is -0.480 e. The maximum Gasteiger partial charge on any atom is 0.329 e. The SMILES string of the molecule is CCN(Cc1cccs1)C(=O)N1[C@H]2CC[C@@H]1[C@@H](C(=O)O)N(C(=O)N(c1ccccc1)c1ccccc1)C2. The van der Waals surface area contributed by atoms with Gasteiger partial charge in [0.05, 0.1) is 30.0 Å². The van der Waals surface area contributed by atoms with Gasteiger partial charge in [0.1, 0.15) is 0 Å². The molecule has 0 spiro atoms. The van der Waals surface area contributed by atoms with Gasteiger partial charge in [0.15, 0.2) is 6.04 Å². The molecule has 2 aliphatic rings. The molecule has 0 aliphatic carbocycles. The third-order valence-electron chi connectivity index (χ3n) is 7.17. The third-order valence-corrected chi connectivity index (χ3v) is 8.03. The molecule has 3 aromatic rings. The molecule has 2 aliphatic heterocycles. The Hall–Kier alpha value is -3.85. The van der Waals surface area contributed by atoms with Gasteiger partial charge in [-0.1, -0.05) is 42.5 Å². The second-order valence-corrected chi connectivity index (χ2v) is 10.3. The van der Waals surface area contributed by atoms with Crippen LogP contribution in [0.25, 0.3) is 0 Å². The topological polar surface area (TPSA) is 84.4 Å². The van der Waals surface area contributed by atoms with E-state index in [1.807, 2.05) is 85.1 Å². The second-order valence-electron chi connectivity index (χ2n) is 9.31. The van der Waals surface area contributed by atoms with Crippen LogP contribution in [0.3, 0.4) is 0 Å². The second kappa shape index (κ2) is 10.6. The smallest absolute Gasteiger partial charge is 0.329 e. The minimum atomic E-state index is -1.13. The first-order valence-electron chi connectivity index (χ1n) is 12.5. The van der Waals surface area contributed by atoms with Crippen molar-refractivity contribution in [1.82, 2.24) is 14.7 Å². The molecule has 1 aromatic heterocycles. The number of likely N-dealkylation sites (tertiary alicyclic amines) is 1. The van der Waals surface area contributed by atoms with Crippen LogP contribution in [-0.2, 0) is 11.3 Å². The molecule has 3 atom stereocenters. The number of carbonyl (C=O) groups is 3. The Morgan fingerprint density at radius 2 is 1.57 bits per heavy atom. The molecule has 0 saturated carbocycles. The van der Waals surface area contributed by atoms with E-state index >= 15 is 0 Å². The van der Waals surface area contributed by atoms with Gasteiger partial charge >= 0.3 is 18.0 Å². The van der Waals surface area contributed by atoms with Crippen molar-refractivity contribution in [3.05, 3.63) is 83.1 Å². The number of aliphatic carboxylic acids is 1. The van der Waals surface area contributed by atoms with Crippen LogP contribution in [0.4, 0.5) is 21.0 Å². The highest BCUT2D eigenvalue weighted by molar-refractivity contribution is 7.09. The van der Waals surface area contributed by atoms with Gasteiger partial charge in [0, 0.05) is 18.0 Å². The van der Waals surface area contributed by atoms with E-state index < -0.39 is 24.1 Å². The summed E-state index contributed by atoms with van der Waals surface area (Å²) in [4.78, 5) is 48.0. The maximum absolute atomic E-state index is 14.1. The summed E-state index contributed by atoms with van der Waals surface area (Å²) in [7, 11) is 0. The van der Waals surface area contributed by atoms with Gasteiger partial charge in [-0.2, -0.15) is 0 Å². The Bertz CT molecular complexity index is 1200. The lowest BCUT2D eigenvalue weighted by Crippen LogP contribution is -2.67. The number of benzene rings is 2. The zero-order valence-electron chi connectivity index (χ0n) is 20.6. The average Bonchev–Trinajstić information content (AvgIpc) is 3.54. The molecule has 2 fully saturated rings. The predicted molar refractivity (Wildman–Crippen MR) is 143 cm³/mol. The Morgan fingerprint density at radius 3 is 2.11 bits per heavy atom. The van der Waals surface area contributed by atoms with Crippen molar-refractivity contribution in [3.63, 3.8) is 0 Å². The summed E-state index contributed by atoms with van der Waals surface area (Å²) >= 11 is 1.59. The van der Waals surface area contributed by atoms with E-state index in [9.17, 15) is 19.5 Å². The van der Waals surface area contributed by atoms with Crippen molar-refractivity contribution in [1.29, 1.82) is 0 Å². The number of amides is 4. The van der Waals surface area contributed by atoms with Crippen molar-refractivity contribution in [2.45, 2.75) is 44.4 Å². The van der Waals surface area contributed by atoms with Gasteiger partial charge < -0.3 is 19.8 Å². The zero-order valence-corrected chi connectivity index (χ0v) is 21.5. The number of nitrogens with zero attached hydrogens (tertiary/aromatic N) is 4. The van der Waals surface area contributed by atoms with E-state index in [0.717, 1.165) is 4.88 Å². The molecule has 8 nitrogen and oxygen atoms in total. The molecule has 192 valence electrons. The third kappa shape index (κ3) is 4.79. The van der Waals surface area contributed by atoms with Crippen molar-refractivity contribution in [2.24, 2.45) is 0 Å². The van der Waals surface area contributed by atoms with Crippen LogP contribution in [0.15, 0.2) is 78.2 Å². The van der Waals surface area contributed by atoms with E-state index in [1.54, 1.807) is 26.0 Å². The molecule has 5 rings (SSSR count). The number of carboxylic acid groups (broad SMARTS) is 1. The lowest BCUT2D eigenvalue weighted by atomic mass is 10.0. The van der Waals surface area contributed by atoms with E-state index in [1.165, 1.54) is 4.90 Å². The number of anilines is 2. The highest BCUT2D eigenvalue weighted by Crippen LogP contribution is 2.38. The van der Waals surface area contributed by atoms with Crippen LogP contribution in [0, 0.1) is 0 Å².